The summed E-state index contributed by atoms with van der Waals surface area (Å²) in [5.74, 6) is 2.52. The van der Waals surface area contributed by atoms with Crippen molar-refractivity contribution in [2.24, 2.45) is 4.99 Å². The maximum atomic E-state index is 6.02. The van der Waals surface area contributed by atoms with Crippen LogP contribution in [0.2, 0.25) is 0 Å². The third-order valence-corrected chi connectivity index (χ3v) is 5.77. The highest BCUT2D eigenvalue weighted by atomic mass is 127. The Morgan fingerprint density at radius 1 is 1.18 bits per heavy atom. The normalized spacial score (nSPS) is 25.4. The minimum Gasteiger partial charge on any atom is -0.486 e. The maximum absolute atomic E-state index is 6.02. The van der Waals surface area contributed by atoms with Crippen LogP contribution in [-0.2, 0) is 0 Å². The van der Waals surface area contributed by atoms with Crippen molar-refractivity contribution in [3.8, 4) is 11.5 Å². The second-order valence-corrected chi connectivity index (χ2v) is 7.78. The van der Waals surface area contributed by atoms with Crippen molar-refractivity contribution in [1.29, 1.82) is 0 Å². The molecule has 2 atom stereocenters. The molecule has 4 rings (SSSR count). The number of aliphatic imine (C=N–C) groups is 1. The van der Waals surface area contributed by atoms with E-state index in [1.807, 2.05) is 24.3 Å². The van der Waals surface area contributed by atoms with Gasteiger partial charge in [0.15, 0.2) is 23.6 Å². The number of hydrogen-bond acceptors (Lipinski definition) is 4. The van der Waals surface area contributed by atoms with E-state index in [4.69, 9.17) is 14.5 Å². The number of halogens is 1. The van der Waals surface area contributed by atoms with Gasteiger partial charge < -0.3 is 20.1 Å². The monoisotopic (exact) mass is 500 g/mol. The van der Waals surface area contributed by atoms with E-state index in [2.05, 4.69) is 22.5 Å². The van der Waals surface area contributed by atoms with E-state index in [1.54, 1.807) is 0 Å². The number of nitrogens with zero attached hydrogens (tertiary/aromatic N) is 2. The van der Waals surface area contributed by atoms with E-state index >= 15 is 0 Å². The summed E-state index contributed by atoms with van der Waals surface area (Å²) in [5.41, 5.74) is 0. The molecule has 2 unspecified atom stereocenters. The number of benzene rings is 1. The van der Waals surface area contributed by atoms with Crippen LogP contribution in [0.4, 0.5) is 0 Å². The van der Waals surface area contributed by atoms with Crippen LogP contribution in [-0.4, -0.2) is 61.8 Å². The van der Waals surface area contributed by atoms with Crippen molar-refractivity contribution in [3.05, 3.63) is 24.3 Å². The highest BCUT2D eigenvalue weighted by molar-refractivity contribution is 14.0. The van der Waals surface area contributed by atoms with Gasteiger partial charge in [-0.1, -0.05) is 25.0 Å². The molecule has 156 valence electrons. The molecule has 6 nitrogen and oxygen atoms in total. The molecular formula is C21H33IN4O2. The maximum Gasteiger partial charge on any atom is 0.191 e. The average Bonchev–Trinajstić information content (AvgIpc) is 3.38. The predicted molar refractivity (Wildman–Crippen MR) is 123 cm³/mol. The first-order chi connectivity index (χ1) is 13.3. The highest BCUT2D eigenvalue weighted by Gasteiger charge is 2.30. The Morgan fingerprint density at radius 3 is 2.75 bits per heavy atom. The molecule has 2 heterocycles. The lowest BCUT2D eigenvalue weighted by Gasteiger charge is -2.26. The van der Waals surface area contributed by atoms with Gasteiger partial charge in [0, 0.05) is 31.7 Å². The largest absolute Gasteiger partial charge is 0.486 e. The van der Waals surface area contributed by atoms with Crippen LogP contribution in [0.1, 0.15) is 39.0 Å². The van der Waals surface area contributed by atoms with Crippen molar-refractivity contribution < 1.29 is 9.47 Å². The topological polar surface area (TPSA) is 58.1 Å². The van der Waals surface area contributed by atoms with Gasteiger partial charge in [0.1, 0.15) is 6.61 Å². The molecule has 2 N–H and O–H groups in total. The lowest BCUT2D eigenvalue weighted by atomic mass is 10.2. The first-order valence-electron chi connectivity index (χ1n) is 10.5. The summed E-state index contributed by atoms with van der Waals surface area (Å²) in [4.78, 5) is 7.44. The average molecular weight is 500 g/mol. The van der Waals surface area contributed by atoms with E-state index in [0.717, 1.165) is 36.6 Å². The van der Waals surface area contributed by atoms with Crippen molar-refractivity contribution in [2.45, 2.75) is 57.2 Å². The van der Waals surface area contributed by atoms with Gasteiger partial charge in [0.2, 0.25) is 0 Å². The zero-order valence-corrected chi connectivity index (χ0v) is 19.1. The van der Waals surface area contributed by atoms with Gasteiger partial charge in [0.25, 0.3) is 0 Å². The number of ether oxygens (including phenoxy) is 2. The van der Waals surface area contributed by atoms with E-state index in [9.17, 15) is 0 Å². The van der Waals surface area contributed by atoms with Gasteiger partial charge in [-0.25, -0.2) is 4.99 Å². The number of likely N-dealkylation sites (tertiary alicyclic amines) is 1. The summed E-state index contributed by atoms with van der Waals surface area (Å²) >= 11 is 0. The van der Waals surface area contributed by atoms with Crippen molar-refractivity contribution in [1.82, 2.24) is 15.5 Å². The van der Waals surface area contributed by atoms with Crippen molar-refractivity contribution in [2.75, 3.05) is 32.8 Å². The smallest absolute Gasteiger partial charge is 0.191 e. The molecular weight excluding hydrogens is 467 g/mol. The molecule has 3 aliphatic rings. The Balaban J connectivity index is 0.00000225. The van der Waals surface area contributed by atoms with Gasteiger partial charge in [-0.15, -0.1) is 24.0 Å². The molecule has 2 fully saturated rings. The van der Waals surface area contributed by atoms with Crippen LogP contribution in [0, 0.1) is 0 Å². The second-order valence-electron chi connectivity index (χ2n) is 7.78. The summed E-state index contributed by atoms with van der Waals surface area (Å²) in [6, 6.07) is 9.11. The van der Waals surface area contributed by atoms with Crippen molar-refractivity contribution in [3.63, 3.8) is 0 Å². The number of rotatable bonds is 5. The third kappa shape index (κ3) is 5.43. The number of hydrogen-bond donors (Lipinski definition) is 2. The minimum atomic E-state index is -0.0473. The number of fused-ring (bicyclic) bond motifs is 1. The Hall–Kier alpha value is -1.22. The minimum absolute atomic E-state index is 0. The Bertz CT molecular complexity index is 651. The van der Waals surface area contributed by atoms with E-state index < -0.39 is 0 Å². The molecule has 1 aliphatic carbocycles. The predicted octanol–water partition coefficient (Wildman–Crippen LogP) is 3.02. The van der Waals surface area contributed by atoms with Gasteiger partial charge in [-0.05, 0) is 38.3 Å². The van der Waals surface area contributed by atoms with Crippen LogP contribution in [0.3, 0.4) is 0 Å². The van der Waals surface area contributed by atoms with Crippen LogP contribution in [0.5, 0.6) is 11.5 Å². The SMILES string of the molecule is CCNC(=NCC1COc2ccccc2O1)NC1CCN(C2CCCC2)C1.I. The molecule has 2 aliphatic heterocycles. The Labute approximate surface area is 185 Å². The van der Waals surface area contributed by atoms with Crippen LogP contribution in [0.25, 0.3) is 0 Å². The summed E-state index contributed by atoms with van der Waals surface area (Å²) < 4.78 is 11.8. The fraction of sp³-hybridized carbons (Fsp3) is 0.667. The molecule has 1 aromatic carbocycles. The van der Waals surface area contributed by atoms with Gasteiger partial charge >= 0.3 is 0 Å². The fourth-order valence-corrected chi connectivity index (χ4v) is 4.37. The summed E-state index contributed by atoms with van der Waals surface area (Å²) in [7, 11) is 0. The standard InChI is InChI=1S/C21H32N4O2.HI/c1-2-22-21(24-16-11-12-25(14-16)17-7-3-4-8-17)23-13-18-15-26-19-9-5-6-10-20(19)27-18;/h5-6,9-10,16-18H,2-4,7-8,11-15H2,1H3,(H2,22,23,24);1H. The van der Waals surface area contributed by atoms with Crippen molar-refractivity contribution >= 4 is 29.9 Å². The molecule has 1 saturated heterocycles. The molecule has 1 saturated carbocycles. The number of guanidine groups is 1. The Morgan fingerprint density at radius 2 is 1.96 bits per heavy atom. The zero-order valence-electron chi connectivity index (χ0n) is 16.7. The molecule has 0 radical (unpaired) electrons. The first-order valence-corrected chi connectivity index (χ1v) is 10.5. The Kier molecular flexibility index (Phi) is 8.08. The van der Waals surface area contributed by atoms with Crippen LogP contribution < -0.4 is 20.1 Å². The van der Waals surface area contributed by atoms with Gasteiger partial charge in [-0.3, -0.25) is 4.90 Å². The lowest BCUT2D eigenvalue weighted by Crippen LogP contribution is -2.46. The number of para-hydroxylation sites is 2. The molecule has 7 heteroatoms. The molecule has 28 heavy (non-hydrogen) atoms. The van der Waals surface area contributed by atoms with Crippen LogP contribution >= 0.6 is 24.0 Å². The zero-order chi connectivity index (χ0) is 18.5. The van der Waals surface area contributed by atoms with E-state index in [1.165, 1.54) is 38.6 Å². The second kappa shape index (κ2) is 10.5. The molecule has 0 aromatic heterocycles. The molecule has 0 amide bonds. The fourth-order valence-electron chi connectivity index (χ4n) is 4.37. The highest BCUT2D eigenvalue weighted by Crippen LogP contribution is 2.31. The van der Waals surface area contributed by atoms with Gasteiger partial charge in [0.05, 0.1) is 6.54 Å². The quantitative estimate of drug-likeness (QED) is 0.370. The third-order valence-electron chi connectivity index (χ3n) is 5.77. The summed E-state index contributed by atoms with van der Waals surface area (Å²) in [6.07, 6.45) is 6.69. The van der Waals surface area contributed by atoms with Crippen LogP contribution in [0.15, 0.2) is 29.3 Å². The summed E-state index contributed by atoms with van der Waals surface area (Å²) in [6.45, 7) is 6.42. The van der Waals surface area contributed by atoms with E-state index in [0.29, 0.717) is 19.2 Å². The molecule has 1 aromatic rings. The lowest BCUT2D eigenvalue weighted by molar-refractivity contribution is 0.0971. The molecule has 0 spiro atoms. The molecule has 0 bridgehead atoms. The number of nitrogens with one attached hydrogen (secondary N) is 2. The summed E-state index contributed by atoms with van der Waals surface area (Å²) in [5, 5.41) is 7.01. The van der Waals surface area contributed by atoms with E-state index in [-0.39, 0.29) is 30.1 Å². The first kappa shape index (κ1) is 21.5. The van der Waals surface area contributed by atoms with Gasteiger partial charge in [-0.2, -0.15) is 0 Å².